The van der Waals surface area contributed by atoms with Gasteiger partial charge in [-0.2, -0.15) is 0 Å². The summed E-state index contributed by atoms with van der Waals surface area (Å²) in [5.74, 6) is -0.686. The number of anilines is 1. The summed E-state index contributed by atoms with van der Waals surface area (Å²) in [6, 6.07) is 9.56. The molecule has 29 heavy (non-hydrogen) atoms. The van der Waals surface area contributed by atoms with Crippen molar-refractivity contribution in [1.29, 1.82) is 0 Å². The smallest absolute Gasteiger partial charge is 0.261 e. The van der Waals surface area contributed by atoms with E-state index in [1.54, 1.807) is 29.2 Å². The molecule has 0 bridgehead atoms. The molecule has 9 heteroatoms. The van der Waals surface area contributed by atoms with E-state index in [1.165, 1.54) is 23.5 Å². The molecule has 0 N–H and O–H groups in total. The number of nitrogens with zero attached hydrogens (tertiary/aromatic N) is 3. The summed E-state index contributed by atoms with van der Waals surface area (Å²) >= 11 is 13.5. The second-order valence-corrected chi connectivity index (χ2v) is 8.04. The highest BCUT2D eigenvalue weighted by molar-refractivity contribution is 7.22. The first-order chi connectivity index (χ1) is 13.4. The van der Waals surface area contributed by atoms with Gasteiger partial charge in [-0.05, 0) is 43.4 Å². The molecule has 4 nitrogen and oxygen atoms in total. The van der Waals surface area contributed by atoms with Crippen LogP contribution in [-0.2, 0) is 0 Å². The molecule has 1 heterocycles. The Morgan fingerprint density at radius 3 is 2.48 bits per heavy atom. The second-order valence-electron chi connectivity index (χ2n) is 6.19. The molecule has 156 valence electrons. The van der Waals surface area contributed by atoms with Crippen LogP contribution in [0.3, 0.4) is 0 Å². The van der Waals surface area contributed by atoms with Crippen LogP contribution in [0.5, 0.6) is 0 Å². The van der Waals surface area contributed by atoms with Crippen molar-refractivity contribution < 1.29 is 9.18 Å². The molecule has 0 unspecified atom stereocenters. The Kier molecular flexibility index (Phi) is 8.67. The van der Waals surface area contributed by atoms with Gasteiger partial charge in [-0.3, -0.25) is 9.69 Å². The number of benzene rings is 2. The molecule has 0 aliphatic carbocycles. The monoisotopic (exact) mass is 475 g/mol. The Balaban J connectivity index is 0.00000300. The Hall–Kier alpha value is -1.44. The Morgan fingerprint density at radius 2 is 1.86 bits per heavy atom. The minimum absolute atomic E-state index is 0. The van der Waals surface area contributed by atoms with Gasteiger partial charge in [0.05, 0.1) is 15.3 Å². The zero-order valence-electron chi connectivity index (χ0n) is 16.0. The number of rotatable bonds is 7. The molecule has 0 spiro atoms. The number of para-hydroxylation sites is 1. The van der Waals surface area contributed by atoms with Gasteiger partial charge in [0.2, 0.25) is 0 Å². The van der Waals surface area contributed by atoms with Crippen LogP contribution in [0, 0.1) is 5.82 Å². The largest absolute Gasteiger partial charge is 0.302 e. The zero-order chi connectivity index (χ0) is 20.3. The normalized spacial score (nSPS) is 11.0. The van der Waals surface area contributed by atoms with Crippen molar-refractivity contribution in [3.05, 3.63) is 57.8 Å². The van der Waals surface area contributed by atoms with Crippen molar-refractivity contribution in [3.8, 4) is 0 Å². The van der Waals surface area contributed by atoms with E-state index >= 15 is 0 Å². The fourth-order valence-electron chi connectivity index (χ4n) is 2.89. The van der Waals surface area contributed by atoms with Crippen LogP contribution in [-0.4, -0.2) is 42.0 Å². The lowest BCUT2D eigenvalue weighted by Gasteiger charge is -2.25. The minimum Gasteiger partial charge on any atom is -0.302 e. The van der Waals surface area contributed by atoms with Crippen LogP contribution < -0.4 is 4.90 Å². The summed E-state index contributed by atoms with van der Waals surface area (Å²) in [7, 11) is 0. The Bertz CT molecular complexity index is 994. The van der Waals surface area contributed by atoms with E-state index in [9.17, 15) is 9.18 Å². The molecule has 1 amide bonds. The highest BCUT2D eigenvalue weighted by Gasteiger charge is 2.24. The van der Waals surface area contributed by atoms with E-state index in [1.807, 2.05) is 0 Å². The van der Waals surface area contributed by atoms with Crippen LogP contribution in [0.4, 0.5) is 9.52 Å². The maximum absolute atomic E-state index is 14.1. The summed E-state index contributed by atoms with van der Waals surface area (Å²) in [6.07, 6.45) is 0. The summed E-state index contributed by atoms with van der Waals surface area (Å²) in [5, 5.41) is 1.18. The number of hydrogen-bond donors (Lipinski definition) is 0. The van der Waals surface area contributed by atoms with Gasteiger partial charge in [-0.25, -0.2) is 9.37 Å². The molecule has 2 aromatic carbocycles. The van der Waals surface area contributed by atoms with Crippen molar-refractivity contribution >= 4 is 68.2 Å². The Morgan fingerprint density at radius 1 is 1.14 bits per heavy atom. The zero-order valence-corrected chi connectivity index (χ0v) is 19.1. The number of likely N-dealkylation sites (N-methyl/N-ethyl adjacent to an activating group) is 1. The fourth-order valence-corrected chi connectivity index (χ4v) is 4.39. The number of carbonyl (C=O) groups excluding carboxylic acids is 1. The van der Waals surface area contributed by atoms with Crippen LogP contribution >= 0.6 is 46.9 Å². The summed E-state index contributed by atoms with van der Waals surface area (Å²) < 4.78 is 14.8. The predicted molar refractivity (Wildman–Crippen MR) is 123 cm³/mol. The van der Waals surface area contributed by atoms with Crippen molar-refractivity contribution in [2.45, 2.75) is 13.8 Å². The summed E-state index contributed by atoms with van der Waals surface area (Å²) in [5.41, 5.74) is 0.607. The van der Waals surface area contributed by atoms with Crippen LogP contribution in [0.1, 0.15) is 24.2 Å². The quantitative estimate of drug-likeness (QED) is 0.410. The predicted octanol–water partition coefficient (Wildman–Crippen LogP) is 6.15. The highest BCUT2D eigenvalue weighted by Crippen LogP contribution is 2.32. The number of hydrogen-bond acceptors (Lipinski definition) is 4. The topological polar surface area (TPSA) is 36.4 Å². The molecule has 1 aromatic heterocycles. The summed E-state index contributed by atoms with van der Waals surface area (Å²) in [6.45, 7) is 6.96. The van der Waals surface area contributed by atoms with Gasteiger partial charge in [-0.1, -0.05) is 54.5 Å². The van der Waals surface area contributed by atoms with Gasteiger partial charge in [0.15, 0.2) is 5.13 Å². The standard InChI is InChI=1S/C20H20Cl2FN3OS.ClH/c1-3-25(4-2)10-11-26(19(27)14-9-8-13(21)12-15(14)22)20-24-18-16(23)6-5-7-17(18)28-20;/h5-9,12H,3-4,10-11H2,1-2H3;1H. The summed E-state index contributed by atoms with van der Waals surface area (Å²) in [4.78, 5) is 21.5. The number of thiazole rings is 1. The first-order valence-electron chi connectivity index (χ1n) is 8.98. The number of carbonyl (C=O) groups is 1. The third-order valence-electron chi connectivity index (χ3n) is 4.53. The lowest BCUT2D eigenvalue weighted by molar-refractivity contribution is 0.0984. The van der Waals surface area contributed by atoms with Crippen LogP contribution in [0.25, 0.3) is 10.2 Å². The lowest BCUT2D eigenvalue weighted by atomic mass is 10.2. The highest BCUT2D eigenvalue weighted by atomic mass is 35.5. The molecule has 0 radical (unpaired) electrons. The molecule has 3 rings (SSSR count). The van der Waals surface area contributed by atoms with Crippen LogP contribution in [0.2, 0.25) is 10.0 Å². The average molecular weight is 477 g/mol. The first-order valence-corrected chi connectivity index (χ1v) is 10.6. The van der Waals surface area contributed by atoms with Crippen molar-refractivity contribution in [2.75, 3.05) is 31.1 Å². The number of aromatic nitrogens is 1. The molecule has 0 aliphatic heterocycles. The molecule has 0 aliphatic rings. The van der Waals surface area contributed by atoms with E-state index in [0.717, 1.165) is 13.1 Å². The van der Waals surface area contributed by atoms with Crippen molar-refractivity contribution in [2.24, 2.45) is 0 Å². The van der Waals surface area contributed by atoms with Gasteiger partial charge in [-0.15, -0.1) is 12.4 Å². The van der Waals surface area contributed by atoms with E-state index in [2.05, 4.69) is 23.7 Å². The number of amides is 1. The maximum atomic E-state index is 14.1. The lowest BCUT2D eigenvalue weighted by Crippen LogP contribution is -2.39. The molecule has 0 saturated carbocycles. The average Bonchev–Trinajstić information content (AvgIpc) is 3.10. The van der Waals surface area contributed by atoms with Gasteiger partial charge in [0.25, 0.3) is 5.91 Å². The third kappa shape index (κ3) is 5.38. The van der Waals surface area contributed by atoms with Gasteiger partial charge >= 0.3 is 0 Å². The maximum Gasteiger partial charge on any atom is 0.261 e. The molecule has 0 atom stereocenters. The molecular formula is C20H21Cl3FN3OS. The van der Waals surface area contributed by atoms with E-state index in [0.29, 0.717) is 33.5 Å². The van der Waals surface area contributed by atoms with Crippen molar-refractivity contribution in [1.82, 2.24) is 9.88 Å². The molecular weight excluding hydrogens is 456 g/mol. The third-order valence-corrected chi connectivity index (χ3v) is 6.12. The van der Waals surface area contributed by atoms with Crippen molar-refractivity contribution in [3.63, 3.8) is 0 Å². The van der Waals surface area contributed by atoms with E-state index in [4.69, 9.17) is 23.2 Å². The van der Waals surface area contributed by atoms with Gasteiger partial charge < -0.3 is 4.90 Å². The number of halogens is 4. The molecule has 3 aromatic rings. The van der Waals surface area contributed by atoms with Gasteiger partial charge in [0, 0.05) is 18.1 Å². The first kappa shape index (κ1) is 23.8. The molecule has 0 saturated heterocycles. The van der Waals surface area contributed by atoms with Gasteiger partial charge in [0.1, 0.15) is 11.3 Å². The van der Waals surface area contributed by atoms with E-state index < -0.39 is 5.82 Å². The van der Waals surface area contributed by atoms with Crippen LogP contribution in [0.15, 0.2) is 36.4 Å². The van der Waals surface area contributed by atoms with E-state index in [-0.39, 0.29) is 28.9 Å². The fraction of sp³-hybridized carbons (Fsp3) is 0.300. The second kappa shape index (κ2) is 10.5. The molecule has 0 fully saturated rings. The number of fused-ring (bicyclic) bond motifs is 1. The Labute approximate surface area is 189 Å². The SMILES string of the molecule is CCN(CC)CCN(C(=O)c1ccc(Cl)cc1Cl)c1nc2c(F)cccc2s1.Cl. The minimum atomic E-state index is -0.402.